The number of aryl methyl sites for hydroxylation is 2. The second-order valence-electron chi connectivity index (χ2n) is 7.25. The molecule has 0 spiro atoms. The van der Waals surface area contributed by atoms with E-state index in [1.165, 1.54) is 0 Å². The van der Waals surface area contributed by atoms with Gasteiger partial charge in [-0.15, -0.1) is 0 Å². The number of rotatable bonds is 5. The molecule has 148 valence electrons. The predicted molar refractivity (Wildman–Crippen MR) is 119 cm³/mol. The first-order valence-electron chi connectivity index (χ1n) is 9.41. The Morgan fingerprint density at radius 3 is 2.00 bits per heavy atom. The van der Waals surface area contributed by atoms with Crippen LogP contribution in [0.25, 0.3) is 0 Å². The second-order valence-corrected chi connectivity index (χ2v) is 7.25. The molecule has 3 aromatic carbocycles. The third-order valence-electron chi connectivity index (χ3n) is 4.67. The summed E-state index contributed by atoms with van der Waals surface area (Å²) in [5.74, 6) is -0.507. The Balaban J connectivity index is 1.73. The molecular formula is C24H25N3O2. The summed E-state index contributed by atoms with van der Waals surface area (Å²) in [5.41, 5.74) is 5.43. The van der Waals surface area contributed by atoms with E-state index in [-0.39, 0.29) is 11.8 Å². The van der Waals surface area contributed by atoms with Crippen LogP contribution in [0.5, 0.6) is 0 Å². The minimum atomic E-state index is -0.260. The molecule has 0 saturated heterocycles. The molecular weight excluding hydrogens is 362 g/mol. The van der Waals surface area contributed by atoms with Crippen LogP contribution in [0.2, 0.25) is 0 Å². The van der Waals surface area contributed by atoms with E-state index in [0.29, 0.717) is 16.8 Å². The Bertz CT molecular complexity index is 1040. The Labute approximate surface area is 171 Å². The first-order valence-corrected chi connectivity index (χ1v) is 9.41. The Morgan fingerprint density at radius 2 is 1.38 bits per heavy atom. The van der Waals surface area contributed by atoms with Gasteiger partial charge in [-0.2, -0.15) is 0 Å². The zero-order chi connectivity index (χ0) is 21.0. The summed E-state index contributed by atoms with van der Waals surface area (Å²) in [6.07, 6.45) is 0. The highest BCUT2D eigenvalue weighted by atomic mass is 16.2. The first-order chi connectivity index (χ1) is 13.8. The van der Waals surface area contributed by atoms with E-state index in [1.807, 2.05) is 75.3 Å². The zero-order valence-electron chi connectivity index (χ0n) is 17.1. The van der Waals surface area contributed by atoms with Gasteiger partial charge in [-0.1, -0.05) is 18.2 Å². The number of carbonyl (C=O) groups excluding carboxylic acids is 2. The van der Waals surface area contributed by atoms with Gasteiger partial charge in [-0.05, 0) is 73.5 Å². The number of amides is 2. The van der Waals surface area contributed by atoms with E-state index in [1.54, 1.807) is 24.3 Å². The second kappa shape index (κ2) is 8.61. The number of anilines is 3. The van der Waals surface area contributed by atoms with Crippen molar-refractivity contribution in [3.8, 4) is 0 Å². The van der Waals surface area contributed by atoms with Gasteiger partial charge in [0, 0.05) is 42.3 Å². The van der Waals surface area contributed by atoms with Gasteiger partial charge in [-0.25, -0.2) is 0 Å². The normalized spacial score (nSPS) is 10.3. The summed E-state index contributed by atoms with van der Waals surface area (Å²) in [5, 5.41) is 5.79. The maximum Gasteiger partial charge on any atom is 0.255 e. The van der Waals surface area contributed by atoms with Gasteiger partial charge in [-0.3, -0.25) is 9.59 Å². The molecule has 0 fully saturated rings. The average Bonchev–Trinajstić information content (AvgIpc) is 2.71. The van der Waals surface area contributed by atoms with Gasteiger partial charge < -0.3 is 15.5 Å². The van der Waals surface area contributed by atoms with Crippen LogP contribution in [-0.4, -0.2) is 25.9 Å². The van der Waals surface area contributed by atoms with Gasteiger partial charge in [0.25, 0.3) is 11.8 Å². The molecule has 0 heterocycles. The van der Waals surface area contributed by atoms with Gasteiger partial charge >= 0.3 is 0 Å². The van der Waals surface area contributed by atoms with E-state index < -0.39 is 0 Å². The lowest BCUT2D eigenvalue weighted by molar-refractivity contribution is 0.102. The molecule has 0 saturated carbocycles. The van der Waals surface area contributed by atoms with Crippen LogP contribution in [0.1, 0.15) is 31.8 Å². The topological polar surface area (TPSA) is 61.4 Å². The number of nitrogens with zero attached hydrogens (tertiary/aromatic N) is 1. The smallest absolute Gasteiger partial charge is 0.255 e. The van der Waals surface area contributed by atoms with E-state index in [9.17, 15) is 9.59 Å². The molecule has 5 heteroatoms. The largest absolute Gasteiger partial charge is 0.378 e. The standard InChI is InChI=1S/C24H25N3O2/c1-16-8-9-17(2)22(14-16)26-24(29)19-7-5-6-18(15-19)23(28)25-20-10-12-21(13-11-20)27(3)4/h5-15H,1-4H3,(H,25,28)(H,26,29). The molecule has 0 unspecified atom stereocenters. The van der Waals surface area contributed by atoms with E-state index in [4.69, 9.17) is 0 Å². The number of hydrogen-bond donors (Lipinski definition) is 2. The highest BCUT2D eigenvalue weighted by Gasteiger charge is 2.12. The number of hydrogen-bond acceptors (Lipinski definition) is 3. The van der Waals surface area contributed by atoms with Crippen molar-refractivity contribution in [2.75, 3.05) is 29.6 Å². The van der Waals surface area contributed by atoms with Crippen molar-refractivity contribution < 1.29 is 9.59 Å². The zero-order valence-corrected chi connectivity index (χ0v) is 17.1. The highest BCUT2D eigenvalue weighted by Crippen LogP contribution is 2.19. The molecule has 0 atom stereocenters. The van der Waals surface area contributed by atoms with Crippen LogP contribution in [0.4, 0.5) is 17.1 Å². The average molecular weight is 387 g/mol. The first kappa shape index (κ1) is 20.1. The van der Waals surface area contributed by atoms with Crippen molar-refractivity contribution in [3.63, 3.8) is 0 Å². The fourth-order valence-electron chi connectivity index (χ4n) is 2.91. The number of carbonyl (C=O) groups is 2. The van der Waals surface area contributed by atoms with Crippen LogP contribution in [0, 0.1) is 13.8 Å². The predicted octanol–water partition coefficient (Wildman–Crippen LogP) is 4.87. The van der Waals surface area contributed by atoms with Crippen molar-refractivity contribution in [2.45, 2.75) is 13.8 Å². The van der Waals surface area contributed by atoms with Gasteiger partial charge in [0.2, 0.25) is 0 Å². The lowest BCUT2D eigenvalue weighted by Crippen LogP contribution is -2.16. The number of nitrogens with one attached hydrogen (secondary N) is 2. The third kappa shape index (κ3) is 5.02. The van der Waals surface area contributed by atoms with Crippen molar-refractivity contribution in [1.29, 1.82) is 0 Å². The maximum absolute atomic E-state index is 12.7. The van der Waals surface area contributed by atoms with E-state index >= 15 is 0 Å². The molecule has 3 rings (SSSR count). The van der Waals surface area contributed by atoms with Crippen LogP contribution >= 0.6 is 0 Å². The summed E-state index contributed by atoms with van der Waals surface area (Å²) in [4.78, 5) is 27.3. The van der Waals surface area contributed by atoms with Crippen molar-refractivity contribution >= 4 is 28.9 Å². The quantitative estimate of drug-likeness (QED) is 0.656. The lowest BCUT2D eigenvalue weighted by atomic mass is 10.1. The maximum atomic E-state index is 12.7. The molecule has 0 radical (unpaired) electrons. The van der Waals surface area contributed by atoms with Crippen LogP contribution in [-0.2, 0) is 0 Å². The summed E-state index contributed by atoms with van der Waals surface area (Å²) in [6.45, 7) is 3.92. The molecule has 5 nitrogen and oxygen atoms in total. The van der Waals surface area contributed by atoms with Gasteiger partial charge in [0.15, 0.2) is 0 Å². The molecule has 0 aliphatic rings. The van der Waals surface area contributed by atoms with E-state index in [0.717, 1.165) is 22.5 Å². The molecule has 3 aromatic rings. The van der Waals surface area contributed by atoms with Crippen LogP contribution in [0.15, 0.2) is 66.7 Å². The van der Waals surface area contributed by atoms with Gasteiger partial charge in [0.05, 0.1) is 0 Å². The van der Waals surface area contributed by atoms with Crippen molar-refractivity contribution in [2.24, 2.45) is 0 Å². The summed E-state index contributed by atoms with van der Waals surface area (Å²) >= 11 is 0. The molecule has 0 aliphatic carbocycles. The monoisotopic (exact) mass is 387 g/mol. The van der Waals surface area contributed by atoms with Crippen LogP contribution < -0.4 is 15.5 Å². The Kier molecular flexibility index (Phi) is 5.98. The Morgan fingerprint density at radius 1 is 0.759 bits per heavy atom. The van der Waals surface area contributed by atoms with Gasteiger partial charge in [0.1, 0.15) is 0 Å². The molecule has 0 bridgehead atoms. The summed E-state index contributed by atoms with van der Waals surface area (Å²) < 4.78 is 0. The van der Waals surface area contributed by atoms with Crippen molar-refractivity contribution in [3.05, 3.63) is 89.0 Å². The molecule has 29 heavy (non-hydrogen) atoms. The SMILES string of the molecule is Cc1ccc(C)c(NC(=O)c2cccc(C(=O)Nc3ccc(N(C)C)cc3)c2)c1. The summed E-state index contributed by atoms with van der Waals surface area (Å²) in [6, 6.07) is 20.2. The molecule has 0 aromatic heterocycles. The molecule has 2 N–H and O–H groups in total. The fraction of sp³-hybridized carbons (Fsp3) is 0.167. The Hall–Kier alpha value is -3.60. The summed E-state index contributed by atoms with van der Waals surface area (Å²) in [7, 11) is 3.92. The van der Waals surface area contributed by atoms with E-state index in [2.05, 4.69) is 10.6 Å². The third-order valence-corrected chi connectivity index (χ3v) is 4.67. The molecule has 2 amide bonds. The lowest BCUT2D eigenvalue weighted by Gasteiger charge is -2.13. The van der Waals surface area contributed by atoms with Crippen molar-refractivity contribution in [1.82, 2.24) is 0 Å². The minimum Gasteiger partial charge on any atom is -0.378 e. The van der Waals surface area contributed by atoms with Crippen LogP contribution in [0.3, 0.4) is 0 Å². The minimum absolute atomic E-state index is 0.247. The fourth-order valence-corrected chi connectivity index (χ4v) is 2.91. The molecule has 0 aliphatic heterocycles. The highest BCUT2D eigenvalue weighted by molar-refractivity contribution is 6.09. The number of benzene rings is 3.